The Morgan fingerprint density at radius 1 is 0.964 bits per heavy atom. The summed E-state index contributed by atoms with van der Waals surface area (Å²) in [5.41, 5.74) is 3.94. The average molecular weight is 403 g/mol. The van der Waals surface area contributed by atoms with Crippen LogP contribution in [0.25, 0.3) is 0 Å². The van der Waals surface area contributed by atoms with Crippen LogP contribution >= 0.6 is 0 Å². The van der Waals surface area contributed by atoms with Crippen LogP contribution < -0.4 is 9.80 Å². The second-order valence-electron chi connectivity index (χ2n) is 7.13. The summed E-state index contributed by atoms with van der Waals surface area (Å²) >= 11 is 0. The number of piperazine rings is 1. The molecule has 1 aromatic carbocycles. The van der Waals surface area contributed by atoms with Gasteiger partial charge in [-0.25, -0.2) is 13.4 Å². The summed E-state index contributed by atoms with van der Waals surface area (Å²) in [7, 11) is -3.46. The van der Waals surface area contributed by atoms with Gasteiger partial charge in [0.1, 0.15) is 10.7 Å². The largest absolute Gasteiger partial charge is 0.368 e. The lowest BCUT2D eigenvalue weighted by Gasteiger charge is -2.37. The zero-order valence-corrected chi connectivity index (χ0v) is 18.0. The standard InChI is InChI=1S/C21H30N4O2S/c1-5-25(6-2)28(26,27)19-10-11-21(22-16-19)24-14-12-23(13-15-24)20-9-7-8-17(3)18(20)4/h7-11,16H,5-6,12-15H2,1-4H3. The molecule has 6 nitrogen and oxygen atoms in total. The third kappa shape index (κ3) is 4.00. The van der Waals surface area contributed by atoms with Crippen molar-refractivity contribution < 1.29 is 8.42 Å². The quantitative estimate of drug-likeness (QED) is 0.743. The predicted octanol–water partition coefficient (Wildman–Crippen LogP) is 3.06. The van der Waals surface area contributed by atoms with E-state index in [0.717, 1.165) is 32.0 Å². The number of rotatable bonds is 6. The summed E-state index contributed by atoms with van der Waals surface area (Å²) in [5, 5.41) is 0. The fourth-order valence-electron chi connectivity index (χ4n) is 3.68. The Labute approximate surface area is 168 Å². The van der Waals surface area contributed by atoms with Crippen LogP contribution in [-0.4, -0.2) is 57.0 Å². The Morgan fingerprint density at radius 3 is 2.18 bits per heavy atom. The van der Waals surface area contributed by atoms with Gasteiger partial charge in [-0.15, -0.1) is 0 Å². The van der Waals surface area contributed by atoms with Gasteiger partial charge in [-0.2, -0.15) is 4.31 Å². The van der Waals surface area contributed by atoms with Gasteiger partial charge >= 0.3 is 0 Å². The topological polar surface area (TPSA) is 56.8 Å². The van der Waals surface area contributed by atoms with Crippen LogP contribution in [0.4, 0.5) is 11.5 Å². The van der Waals surface area contributed by atoms with E-state index in [4.69, 9.17) is 0 Å². The molecular formula is C21H30N4O2S. The molecule has 0 atom stereocenters. The number of sulfonamides is 1. The van der Waals surface area contributed by atoms with Crippen LogP contribution in [0.15, 0.2) is 41.4 Å². The molecule has 0 unspecified atom stereocenters. The number of benzene rings is 1. The van der Waals surface area contributed by atoms with E-state index in [1.54, 1.807) is 6.07 Å². The van der Waals surface area contributed by atoms with Crippen LogP contribution in [0, 0.1) is 13.8 Å². The van der Waals surface area contributed by atoms with Crippen molar-refractivity contribution >= 4 is 21.5 Å². The Balaban J connectivity index is 1.69. The number of aryl methyl sites for hydroxylation is 1. The molecule has 3 rings (SSSR count). The molecule has 0 radical (unpaired) electrons. The molecule has 0 saturated carbocycles. The van der Waals surface area contributed by atoms with Crippen molar-refractivity contribution in [3.63, 3.8) is 0 Å². The minimum atomic E-state index is -3.46. The lowest BCUT2D eigenvalue weighted by atomic mass is 10.1. The Hall–Kier alpha value is -2.12. The lowest BCUT2D eigenvalue weighted by molar-refractivity contribution is 0.445. The zero-order chi connectivity index (χ0) is 20.3. The van der Waals surface area contributed by atoms with Crippen molar-refractivity contribution in [1.82, 2.24) is 9.29 Å². The summed E-state index contributed by atoms with van der Waals surface area (Å²) in [6.07, 6.45) is 1.49. The monoisotopic (exact) mass is 402 g/mol. The Kier molecular flexibility index (Phi) is 6.25. The van der Waals surface area contributed by atoms with Gasteiger partial charge in [-0.3, -0.25) is 0 Å². The number of anilines is 2. The van der Waals surface area contributed by atoms with E-state index in [-0.39, 0.29) is 4.90 Å². The van der Waals surface area contributed by atoms with Gasteiger partial charge in [-0.05, 0) is 43.2 Å². The maximum absolute atomic E-state index is 12.6. The summed E-state index contributed by atoms with van der Waals surface area (Å²) in [6, 6.07) is 9.94. The van der Waals surface area contributed by atoms with Gasteiger partial charge in [0.2, 0.25) is 10.0 Å². The van der Waals surface area contributed by atoms with Crippen molar-refractivity contribution in [2.45, 2.75) is 32.6 Å². The number of hydrogen-bond acceptors (Lipinski definition) is 5. The molecule has 0 aliphatic carbocycles. The first-order valence-electron chi connectivity index (χ1n) is 9.90. The van der Waals surface area contributed by atoms with E-state index >= 15 is 0 Å². The molecule has 1 aliphatic heterocycles. The molecular weight excluding hydrogens is 372 g/mol. The van der Waals surface area contributed by atoms with Crippen LogP contribution in [0.3, 0.4) is 0 Å². The molecule has 0 amide bonds. The first kappa shape index (κ1) is 20.6. The maximum atomic E-state index is 12.6. The predicted molar refractivity (Wildman–Crippen MR) is 115 cm³/mol. The molecule has 1 aromatic heterocycles. The fourth-order valence-corrected chi connectivity index (χ4v) is 5.08. The molecule has 0 bridgehead atoms. The molecule has 7 heteroatoms. The van der Waals surface area contributed by atoms with Gasteiger partial charge in [0.15, 0.2) is 0 Å². The van der Waals surface area contributed by atoms with E-state index in [2.05, 4.69) is 46.8 Å². The lowest BCUT2D eigenvalue weighted by Crippen LogP contribution is -2.47. The summed E-state index contributed by atoms with van der Waals surface area (Å²) in [4.78, 5) is 9.34. The average Bonchev–Trinajstić information content (AvgIpc) is 2.71. The second-order valence-corrected chi connectivity index (χ2v) is 9.07. The highest BCUT2D eigenvalue weighted by Gasteiger charge is 2.23. The van der Waals surface area contributed by atoms with Crippen LogP contribution in [0.1, 0.15) is 25.0 Å². The number of pyridine rings is 1. The molecule has 0 spiro atoms. The maximum Gasteiger partial charge on any atom is 0.244 e. The molecule has 2 heterocycles. The number of aromatic nitrogens is 1. The smallest absolute Gasteiger partial charge is 0.244 e. The van der Waals surface area contributed by atoms with Crippen LogP contribution in [0.5, 0.6) is 0 Å². The highest BCUT2D eigenvalue weighted by molar-refractivity contribution is 7.89. The molecule has 1 saturated heterocycles. The normalized spacial score (nSPS) is 15.3. The van der Waals surface area contributed by atoms with E-state index in [0.29, 0.717) is 13.1 Å². The van der Waals surface area contributed by atoms with Crippen molar-refractivity contribution in [3.8, 4) is 0 Å². The molecule has 152 valence electrons. The summed E-state index contributed by atoms with van der Waals surface area (Å²) in [5.74, 6) is 0.833. The minimum Gasteiger partial charge on any atom is -0.368 e. The van der Waals surface area contributed by atoms with Crippen molar-refractivity contribution in [1.29, 1.82) is 0 Å². The Bertz CT molecular complexity index is 901. The van der Waals surface area contributed by atoms with Crippen molar-refractivity contribution in [2.75, 3.05) is 49.1 Å². The van der Waals surface area contributed by atoms with Gasteiger partial charge in [0, 0.05) is 51.2 Å². The van der Waals surface area contributed by atoms with Gasteiger partial charge in [0.05, 0.1) is 0 Å². The first-order chi connectivity index (χ1) is 13.4. The van der Waals surface area contributed by atoms with Crippen molar-refractivity contribution in [2.24, 2.45) is 0 Å². The highest BCUT2D eigenvalue weighted by Crippen LogP contribution is 2.25. The SMILES string of the molecule is CCN(CC)S(=O)(=O)c1ccc(N2CCN(c3cccc(C)c3C)CC2)nc1. The second kappa shape index (κ2) is 8.49. The van der Waals surface area contributed by atoms with Crippen molar-refractivity contribution in [3.05, 3.63) is 47.7 Å². The molecule has 0 N–H and O–H groups in total. The van der Waals surface area contributed by atoms with E-state index in [1.807, 2.05) is 19.9 Å². The third-order valence-electron chi connectivity index (χ3n) is 5.58. The van der Waals surface area contributed by atoms with Gasteiger partial charge in [0.25, 0.3) is 0 Å². The minimum absolute atomic E-state index is 0.258. The van der Waals surface area contributed by atoms with Gasteiger partial charge in [-0.1, -0.05) is 26.0 Å². The third-order valence-corrected chi connectivity index (χ3v) is 7.62. The zero-order valence-electron chi connectivity index (χ0n) is 17.2. The molecule has 1 aliphatic rings. The van der Waals surface area contributed by atoms with E-state index in [1.165, 1.54) is 27.3 Å². The Morgan fingerprint density at radius 2 is 1.61 bits per heavy atom. The summed E-state index contributed by atoms with van der Waals surface area (Å²) in [6.45, 7) is 12.5. The van der Waals surface area contributed by atoms with E-state index < -0.39 is 10.0 Å². The van der Waals surface area contributed by atoms with E-state index in [9.17, 15) is 8.42 Å². The van der Waals surface area contributed by atoms with Crippen LogP contribution in [-0.2, 0) is 10.0 Å². The van der Waals surface area contributed by atoms with Gasteiger partial charge < -0.3 is 9.80 Å². The molecule has 1 fully saturated rings. The number of nitrogens with zero attached hydrogens (tertiary/aromatic N) is 4. The molecule has 2 aromatic rings. The summed E-state index contributed by atoms with van der Waals surface area (Å²) < 4.78 is 26.7. The molecule has 28 heavy (non-hydrogen) atoms. The first-order valence-corrected chi connectivity index (χ1v) is 11.3. The van der Waals surface area contributed by atoms with Crippen LogP contribution in [0.2, 0.25) is 0 Å². The number of hydrogen-bond donors (Lipinski definition) is 0. The fraction of sp³-hybridized carbons (Fsp3) is 0.476. The highest BCUT2D eigenvalue weighted by atomic mass is 32.2.